The van der Waals surface area contributed by atoms with E-state index < -0.39 is 5.41 Å². The van der Waals surface area contributed by atoms with Gasteiger partial charge in [0.25, 0.3) is 0 Å². The topological polar surface area (TPSA) is 49.3 Å². The summed E-state index contributed by atoms with van der Waals surface area (Å²) in [5.74, 6) is -0.0882. The number of aromatic nitrogens is 2. The van der Waals surface area contributed by atoms with Crippen molar-refractivity contribution in [2.75, 3.05) is 27.2 Å². The second-order valence-corrected chi connectivity index (χ2v) is 8.89. The smallest absolute Gasteiger partial charge is 0.229 e. The molecule has 4 rings (SSSR count). The molecule has 1 fully saturated rings. The molecule has 2 aromatic carbocycles. The number of likely N-dealkylation sites (tertiary alicyclic amines) is 1. The molecule has 1 aliphatic heterocycles. The Kier molecular flexibility index (Phi) is 6.61. The van der Waals surface area contributed by atoms with Crippen LogP contribution in [0.2, 0.25) is 0 Å². The Hall–Kier alpha value is -3.12. The quantitative estimate of drug-likeness (QED) is 0.586. The highest BCUT2D eigenvalue weighted by molar-refractivity contribution is 5.83. The molecule has 1 aromatic heterocycles. The lowest BCUT2D eigenvalue weighted by Crippen LogP contribution is -2.52. The minimum Gasteiger partial charge on any atom is -0.348 e. The number of halogens is 1. The summed E-state index contributed by atoms with van der Waals surface area (Å²) in [6.07, 6.45) is 7.52. The first-order valence-electron chi connectivity index (χ1n) is 11.0. The van der Waals surface area contributed by atoms with Gasteiger partial charge in [0.2, 0.25) is 5.91 Å². The molecule has 3 aromatic rings. The number of carbonyl (C=O) groups is 1. The fourth-order valence-electron chi connectivity index (χ4n) is 4.88. The number of hydrogen-bond acceptors (Lipinski definition) is 4. The molecule has 1 atom stereocenters. The van der Waals surface area contributed by atoms with Crippen LogP contribution in [-0.2, 0) is 17.8 Å². The Labute approximate surface area is 188 Å². The van der Waals surface area contributed by atoms with Crippen molar-refractivity contribution in [3.63, 3.8) is 0 Å². The van der Waals surface area contributed by atoms with Gasteiger partial charge in [-0.2, -0.15) is 0 Å². The molecule has 0 bridgehead atoms. The number of amides is 1. The van der Waals surface area contributed by atoms with Crippen LogP contribution in [0.3, 0.4) is 0 Å². The zero-order valence-corrected chi connectivity index (χ0v) is 18.7. The predicted molar refractivity (Wildman–Crippen MR) is 123 cm³/mol. The van der Waals surface area contributed by atoms with Gasteiger partial charge in [-0.3, -0.25) is 9.69 Å². The molecule has 1 unspecified atom stereocenters. The van der Waals surface area contributed by atoms with Gasteiger partial charge in [-0.05, 0) is 54.6 Å². The second-order valence-electron chi connectivity index (χ2n) is 8.89. The SMILES string of the molecule is CN(C)C(=O)C1(Cc2ccccc2-c2cncnc2)CCCN(Cc2cccc(F)c2)C1. The molecule has 1 aliphatic rings. The van der Waals surface area contributed by atoms with Crippen molar-refractivity contribution in [1.82, 2.24) is 19.8 Å². The van der Waals surface area contributed by atoms with E-state index in [4.69, 9.17) is 0 Å². The highest BCUT2D eigenvalue weighted by Crippen LogP contribution is 2.38. The summed E-state index contributed by atoms with van der Waals surface area (Å²) < 4.78 is 13.7. The summed E-state index contributed by atoms with van der Waals surface area (Å²) in [4.78, 5) is 25.9. The summed E-state index contributed by atoms with van der Waals surface area (Å²) in [7, 11) is 3.65. The number of piperidine rings is 1. The Bertz CT molecular complexity index is 1070. The van der Waals surface area contributed by atoms with Gasteiger partial charge in [0.05, 0.1) is 5.41 Å². The van der Waals surface area contributed by atoms with Crippen LogP contribution in [0, 0.1) is 11.2 Å². The molecule has 6 heteroatoms. The van der Waals surface area contributed by atoms with Gasteiger partial charge >= 0.3 is 0 Å². The summed E-state index contributed by atoms with van der Waals surface area (Å²) in [6.45, 7) is 2.17. The molecule has 2 heterocycles. The third-order valence-corrected chi connectivity index (χ3v) is 6.23. The number of carbonyl (C=O) groups excluding carboxylic acids is 1. The largest absolute Gasteiger partial charge is 0.348 e. The summed E-state index contributed by atoms with van der Waals surface area (Å²) in [5, 5.41) is 0. The standard InChI is InChI=1S/C26H29FN4O/c1-30(2)25(32)26(11-6-12-31(18-26)17-20-7-5-9-23(27)13-20)14-21-8-3-4-10-24(21)22-15-28-19-29-16-22/h3-5,7-10,13,15-16,19H,6,11-12,14,17-18H2,1-2H3. The highest BCUT2D eigenvalue weighted by Gasteiger charge is 2.43. The van der Waals surface area contributed by atoms with Gasteiger partial charge in [0.1, 0.15) is 12.1 Å². The van der Waals surface area contributed by atoms with E-state index in [1.807, 2.05) is 44.7 Å². The van der Waals surface area contributed by atoms with E-state index in [9.17, 15) is 9.18 Å². The van der Waals surface area contributed by atoms with E-state index in [0.717, 1.165) is 41.6 Å². The van der Waals surface area contributed by atoms with Crippen LogP contribution in [0.5, 0.6) is 0 Å². The molecular formula is C26H29FN4O. The van der Waals surface area contributed by atoms with Gasteiger partial charge in [-0.25, -0.2) is 14.4 Å². The molecule has 0 radical (unpaired) electrons. The van der Waals surface area contributed by atoms with Crippen LogP contribution in [0.4, 0.5) is 4.39 Å². The van der Waals surface area contributed by atoms with E-state index in [2.05, 4.69) is 27.0 Å². The molecule has 0 N–H and O–H groups in total. The lowest BCUT2D eigenvalue weighted by atomic mass is 9.73. The fraction of sp³-hybridized carbons (Fsp3) is 0.346. The van der Waals surface area contributed by atoms with Gasteiger partial charge in [-0.1, -0.05) is 36.4 Å². The molecular weight excluding hydrogens is 403 g/mol. The molecule has 1 saturated heterocycles. The molecule has 0 spiro atoms. The van der Waals surface area contributed by atoms with Crippen LogP contribution < -0.4 is 0 Å². The van der Waals surface area contributed by atoms with E-state index in [0.29, 0.717) is 19.5 Å². The minimum absolute atomic E-state index is 0.139. The Morgan fingerprint density at radius 3 is 2.66 bits per heavy atom. The van der Waals surface area contributed by atoms with E-state index in [1.165, 1.54) is 12.4 Å². The Morgan fingerprint density at radius 2 is 1.91 bits per heavy atom. The third-order valence-electron chi connectivity index (χ3n) is 6.23. The van der Waals surface area contributed by atoms with Crippen molar-refractivity contribution in [3.05, 3.63) is 84.2 Å². The Balaban J connectivity index is 1.65. The number of benzene rings is 2. The van der Waals surface area contributed by atoms with Crippen LogP contribution in [0.1, 0.15) is 24.0 Å². The molecule has 5 nitrogen and oxygen atoms in total. The van der Waals surface area contributed by atoms with Crippen molar-refractivity contribution >= 4 is 5.91 Å². The van der Waals surface area contributed by atoms with Crippen molar-refractivity contribution < 1.29 is 9.18 Å². The highest BCUT2D eigenvalue weighted by atomic mass is 19.1. The maximum atomic E-state index is 13.7. The van der Waals surface area contributed by atoms with Crippen molar-refractivity contribution in [2.24, 2.45) is 5.41 Å². The predicted octanol–water partition coefficient (Wildman–Crippen LogP) is 4.20. The molecule has 0 aliphatic carbocycles. The van der Waals surface area contributed by atoms with Crippen molar-refractivity contribution in [3.8, 4) is 11.1 Å². The molecule has 0 saturated carbocycles. The third kappa shape index (κ3) is 4.86. The van der Waals surface area contributed by atoms with Crippen LogP contribution in [-0.4, -0.2) is 52.9 Å². The second kappa shape index (κ2) is 9.57. The first-order chi connectivity index (χ1) is 15.5. The van der Waals surface area contributed by atoms with Gasteiger partial charge in [0.15, 0.2) is 0 Å². The maximum Gasteiger partial charge on any atom is 0.229 e. The summed E-state index contributed by atoms with van der Waals surface area (Å²) in [6, 6.07) is 14.9. The maximum absolute atomic E-state index is 13.7. The van der Waals surface area contributed by atoms with Crippen molar-refractivity contribution in [1.29, 1.82) is 0 Å². The average Bonchev–Trinajstić information content (AvgIpc) is 2.80. The van der Waals surface area contributed by atoms with Gasteiger partial charge in [0, 0.05) is 45.1 Å². The number of hydrogen-bond donors (Lipinski definition) is 0. The lowest BCUT2D eigenvalue weighted by Gasteiger charge is -2.43. The number of nitrogens with zero attached hydrogens (tertiary/aromatic N) is 4. The first-order valence-corrected chi connectivity index (χ1v) is 11.0. The van der Waals surface area contributed by atoms with Crippen LogP contribution in [0.15, 0.2) is 67.3 Å². The zero-order valence-electron chi connectivity index (χ0n) is 18.7. The lowest BCUT2D eigenvalue weighted by molar-refractivity contribution is -0.143. The van der Waals surface area contributed by atoms with E-state index in [-0.39, 0.29) is 11.7 Å². The summed E-state index contributed by atoms with van der Waals surface area (Å²) in [5.41, 5.74) is 3.51. The minimum atomic E-state index is -0.541. The first kappa shape index (κ1) is 22.1. The summed E-state index contributed by atoms with van der Waals surface area (Å²) >= 11 is 0. The van der Waals surface area contributed by atoms with Gasteiger partial charge in [-0.15, -0.1) is 0 Å². The monoisotopic (exact) mass is 432 g/mol. The normalized spacial score (nSPS) is 19.0. The average molecular weight is 433 g/mol. The fourth-order valence-corrected chi connectivity index (χ4v) is 4.88. The van der Waals surface area contributed by atoms with Crippen LogP contribution in [0.25, 0.3) is 11.1 Å². The number of rotatable bonds is 6. The molecule has 166 valence electrons. The van der Waals surface area contributed by atoms with Crippen LogP contribution >= 0.6 is 0 Å². The molecule has 32 heavy (non-hydrogen) atoms. The van der Waals surface area contributed by atoms with E-state index >= 15 is 0 Å². The van der Waals surface area contributed by atoms with E-state index in [1.54, 1.807) is 17.0 Å². The van der Waals surface area contributed by atoms with Crippen molar-refractivity contribution in [2.45, 2.75) is 25.8 Å². The van der Waals surface area contributed by atoms with Gasteiger partial charge < -0.3 is 4.90 Å². The Morgan fingerprint density at radius 1 is 1.12 bits per heavy atom. The zero-order chi connectivity index (χ0) is 22.6. The molecule has 1 amide bonds.